The maximum atomic E-state index is 14.2. The first-order valence-electron chi connectivity index (χ1n) is 14.3. The molecule has 0 bridgehead atoms. The standard InChI is InChI=1S/C34H40O3/c1-22(35)37-26-16-18-33(2)25(20-26)14-15-27-29(33)17-19-34(3)30(27)21-28(23-10-6-4-7-11-23)31(34)32(36)24-12-8-5-9-13-24/h4-14,26-31H,15-21H2,1-3H3/t26-,27+,28+,29-,30+,31-,33+,34+/m1/s1. The van der Waals surface area contributed by atoms with Crippen molar-refractivity contribution in [2.75, 3.05) is 0 Å². The first-order chi connectivity index (χ1) is 17.8. The summed E-state index contributed by atoms with van der Waals surface area (Å²) in [6.45, 7) is 6.46. The van der Waals surface area contributed by atoms with E-state index in [0.29, 0.717) is 23.5 Å². The molecule has 0 aliphatic heterocycles. The summed E-state index contributed by atoms with van der Waals surface area (Å²) in [5.74, 6) is 2.24. The lowest BCUT2D eigenvalue weighted by molar-refractivity contribution is -0.148. The Balaban J connectivity index is 1.35. The molecule has 3 saturated carbocycles. The molecule has 0 unspecified atom stereocenters. The van der Waals surface area contributed by atoms with Gasteiger partial charge in [-0.05, 0) is 78.6 Å². The number of benzene rings is 2. The molecule has 0 saturated heterocycles. The molecule has 3 nitrogen and oxygen atoms in total. The van der Waals surface area contributed by atoms with E-state index >= 15 is 0 Å². The van der Waals surface area contributed by atoms with Crippen molar-refractivity contribution in [3.63, 3.8) is 0 Å². The highest BCUT2D eigenvalue weighted by atomic mass is 16.5. The third kappa shape index (κ3) is 4.01. The normalized spacial score (nSPS) is 38.5. The molecule has 2 aromatic carbocycles. The number of Topliss-reactive ketones (excluding diaryl/α,β-unsaturated/α-hetero) is 1. The van der Waals surface area contributed by atoms with Crippen LogP contribution in [0.15, 0.2) is 72.3 Å². The Morgan fingerprint density at radius 3 is 2.30 bits per heavy atom. The zero-order valence-electron chi connectivity index (χ0n) is 22.5. The van der Waals surface area contributed by atoms with Crippen molar-refractivity contribution < 1.29 is 14.3 Å². The molecule has 3 fully saturated rings. The third-order valence-corrected chi connectivity index (χ3v) is 11.0. The zero-order chi connectivity index (χ0) is 25.8. The fraction of sp³-hybridized carbons (Fsp3) is 0.529. The van der Waals surface area contributed by atoms with E-state index in [-0.39, 0.29) is 34.7 Å². The largest absolute Gasteiger partial charge is 0.462 e. The van der Waals surface area contributed by atoms with Crippen LogP contribution in [-0.4, -0.2) is 17.9 Å². The molecule has 6 rings (SSSR count). The topological polar surface area (TPSA) is 43.4 Å². The summed E-state index contributed by atoms with van der Waals surface area (Å²) in [5.41, 5.74) is 3.89. The van der Waals surface area contributed by atoms with E-state index in [1.54, 1.807) is 0 Å². The van der Waals surface area contributed by atoms with Crippen LogP contribution >= 0.6 is 0 Å². The van der Waals surface area contributed by atoms with Crippen LogP contribution in [0.25, 0.3) is 0 Å². The molecule has 0 N–H and O–H groups in total. The maximum Gasteiger partial charge on any atom is 0.302 e. The third-order valence-electron chi connectivity index (χ3n) is 11.0. The van der Waals surface area contributed by atoms with Gasteiger partial charge in [0.2, 0.25) is 0 Å². The van der Waals surface area contributed by atoms with Crippen LogP contribution in [0, 0.1) is 34.5 Å². The van der Waals surface area contributed by atoms with E-state index in [9.17, 15) is 9.59 Å². The Labute approximate surface area is 221 Å². The van der Waals surface area contributed by atoms with Crippen molar-refractivity contribution in [3.05, 3.63) is 83.4 Å². The molecule has 4 aliphatic carbocycles. The number of ketones is 1. The molecule has 2 aromatic rings. The number of allylic oxidation sites excluding steroid dienone is 1. The number of ether oxygens (including phenoxy) is 1. The van der Waals surface area contributed by atoms with Crippen LogP contribution in [0.4, 0.5) is 0 Å². The molecule has 194 valence electrons. The second kappa shape index (κ2) is 9.26. The first kappa shape index (κ1) is 24.6. The molecule has 37 heavy (non-hydrogen) atoms. The van der Waals surface area contributed by atoms with Gasteiger partial charge in [-0.1, -0.05) is 86.2 Å². The number of hydrogen-bond acceptors (Lipinski definition) is 3. The van der Waals surface area contributed by atoms with Crippen LogP contribution in [0.1, 0.15) is 87.6 Å². The average Bonchev–Trinajstić information content (AvgIpc) is 3.22. The van der Waals surface area contributed by atoms with Gasteiger partial charge in [-0.25, -0.2) is 0 Å². The van der Waals surface area contributed by atoms with Crippen molar-refractivity contribution in [1.82, 2.24) is 0 Å². The highest BCUT2D eigenvalue weighted by Gasteiger charge is 2.62. The summed E-state index contributed by atoms with van der Waals surface area (Å²) in [5, 5.41) is 0. The molecule has 0 amide bonds. The first-order valence-corrected chi connectivity index (χ1v) is 14.3. The van der Waals surface area contributed by atoms with Crippen molar-refractivity contribution in [1.29, 1.82) is 0 Å². The van der Waals surface area contributed by atoms with Crippen LogP contribution in [-0.2, 0) is 9.53 Å². The van der Waals surface area contributed by atoms with Gasteiger partial charge in [0.1, 0.15) is 6.10 Å². The molecule has 0 heterocycles. The predicted molar refractivity (Wildman–Crippen MR) is 146 cm³/mol. The van der Waals surface area contributed by atoms with Gasteiger partial charge < -0.3 is 4.74 Å². The zero-order valence-corrected chi connectivity index (χ0v) is 22.5. The minimum atomic E-state index is -0.164. The summed E-state index contributed by atoms with van der Waals surface area (Å²) < 4.78 is 5.63. The van der Waals surface area contributed by atoms with E-state index in [0.717, 1.165) is 44.1 Å². The summed E-state index contributed by atoms with van der Waals surface area (Å²) in [6, 6.07) is 20.8. The molecule has 0 radical (unpaired) electrons. The van der Waals surface area contributed by atoms with Crippen molar-refractivity contribution in [2.45, 2.75) is 77.7 Å². The molecule has 4 aliphatic rings. The number of fused-ring (bicyclic) bond motifs is 5. The maximum absolute atomic E-state index is 14.2. The minimum Gasteiger partial charge on any atom is -0.462 e. The Bertz CT molecular complexity index is 1200. The summed E-state index contributed by atoms with van der Waals surface area (Å²) >= 11 is 0. The Morgan fingerprint density at radius 1 is 0.892 bits per heavy atom. The second-order valence-electron chi connectivity index (χ2n) is 12.7. The van der Waals surface area contributed by atoms with Crippen LogP contribution in [0.3, 0.4) is 0 Å². The smallest absolute Gasteiger partial charge is 0.302 e. The molecule has 0 spiro atoms. The summed E-state index contributed by atoms with van der Waals surface area (Å²) in [7, 11) is 0. The van der Waals surface area contributed by atoms with Crippen molar-refractivity contribution >= 4 is 11.8 Å². The van der Waals surface area contributed by atoms with E-state index in [1.165, 1.54) is 24.5 Å². The number of carbonyl (C=O) groups excluding carboxylic acids is 2. The van der Waals surface area contributed by atoms with Gasteiger partial charge >= 0.3 is 5.97 Å². The van der Waals surface area contributed by atoms with E-state index in [1.807, 2.05) is 30.3 Å². The monoisotopic (exact) mass is 496 g/mol. The average molecular weight is 497 g/mol. The number of rotatable bonds is 4. The van der Waals surface area contributed by atoms with Crippen LogP contribution < -0.4 is 0 Å². The SMILES string of the molecule is CC(=O)O[C@@H]1CC[C@@]2(C)C(=CC[C@H]3[C@H]2CC[C@@]2(C)[C@H]3C[C@@H](c3ccccc3)[C@@H]2C(=O)c2ccccc2)C1. The Morgan fingerprint density at radius 2 is 1.59 bits per heavy atom. The van der Waals surface area contributed by atoms with Gasteiger partial charge in [-0.3, -0.25) is 9.59 Å². The number of carbonyl (C=O) groups is 2. The number of esters is 1. The highest BCUT2D eigenvalue weighted by Crippen LogP contribution is 2.69. The van der Waals surface area contributed by atoms with Gasteiger partial charge in [-0.2, -0.15) is 0 Å². The minimum absolute atomic E-state index is 0.00520. The molecule has 0 aromatic heterocycles. The lowest BCUT2D eigenvalue weighted by Crippen LogP contribution is -2.51. The lowest BCUT2D eigenvalue weighted by Gasteiger charge is -2.58. The Kier molecular flexibility index (Phi) is 6.17. The second-order valence-corrected chi connectivity index (χ2v) is 12.7. The Hall–Kier alpha value is -2.68. The number of hydrogen-bond donors (Lipinski definition) is 0. The van der Waals surface area contributed by atoms with Gasteiger partial charge in [0.05, 0.1) is 0 Å². The summed E-state index contributed by atoms with van der Waals surface area (Å²) in [6.07, 6.45) is 9.97. The van der Waals surface area contributed by atoms with Gasteiger partial charge in [0, 0.05) is 24.8 Å². The van der Waals surface area contributed by atoms with Crippen LogP contribution in [0.2, 0.25) is 0 Å². The van der Waals surface area contributed by atoms with Gasteiger partial charge in [-0.15, -0.1) is 0 Å². The fourth-order valence-corrected chi connectivity index (χ4v) is 9.30. The van der Waals surface area contributed by atoms with Crippen molar-refractivity contribution in [3.8, 4) is 0 Å². The van der Waals surface area contributed by atoms with E-state index in [4.69, 9.17) is 4.74 Å². The van der Waals surface area contributed by atoms with Crippen LogP contribution in [0.5, 0.6) is 0 Å². The molecule has 3 heteroatoms. The van der Waals surface area contributed by atoms with Gasteiger partial charge in [0.25, 0.3) is 0 Å². The lowest BCUT2D eigenvalue weighted by atomic mass is 9.47. The molecular formula is C34H40O3. The van der Waals surface area contributed by atoms with E-state index in [2.05, 4.69) is 50.3 Å². The molecule has 8 atom stereocenters. The highest BCUT2D eigenvalue weighted by molar-refractivity contribution is 5.99. The summed E-state index contributed by atoms with van der Waals surface area (Å²) in [4.78, 5) is 25.8. The van der Waals surface area contributed by atoms with E-state index < -0.39 is 0 Å². The van der Waals surface area contributed by atoms with Gasteiger partial charge in [0.15, 0.2) is 5.78 Å². The quantitative estimate of drug-likeness (QED) is 0.247. The fourth-order valence-electron chi connectivity index (χ4n) is 9.30. The predicted octanol–water partition coefficient (Wildman–Crippen LogP) is 7.77. The van der Waals surface area contributed by atoms with Crippen molar-refractivity contribution in [2.24, 2.45) is 34.5 Å². The molecular weight excluding hydrogens is 456 g/mol.